The highest BCUT2D eigenvalue weighted by Gasteiger charge is 2.29. The highest BCUT2D eigenvalue weighted by Crippen LogP contribution is 2.25. The quantitative estimate of drug-likeness (QED) is 0.687. The maximum absolute atomic E-state index is 4.17. The molecule has 0 amide bonds. The van der Waals surface area contributed by atoms with Crippen molar-refractivity contribution in [3.05, 3.63) is 5.38 Å². The third-order valence-corrected chi connectivity index (χ3v) is 3.79. The molecule has 3 aliphatic rings. The third kappa shape index (κ3) is 1.40. The molecule has 0 aromatic carbocycles. The number of piperidine rings is 1. The van der Waals surface area contributed by atoms with Crippen LogP contribution < -0.4 is 4.90 Å². The summed E-state index contributed by atoms with van der Waals surface area (Å²) in [5.74, 6) is 1.09. The van der Waals surface area contributed by atoms with E-state index in [2.05, 4.69) is 24.8 Å². The molecule has 0 unspecified atom stereocenters. The number of aromatic nitrogens is 2. The van der Waals surface area contributed by atoms with Crippen LogP contribution in [0, 0.1) is 0 Å². The average molecular weight is 210 g/mol. The van der Waals surface area contributed by atoms with Gasteiger partial charge in [0.05, 0.1) is 5.38 Å². The maximum atomic E-state index is 4.17. The molecule has 2 bridgehead atoms. The summed E-state index contributed by atoms with van der Waals surface area (Å²) in [6, 6.07) is 0.706. The molecular formula is C9H14N4S. The van der Waals surface area contributed by atoms with Gasteiger partial charge >= 0.3 is 0 Å². The van der Waals surface area contributed by atoms with E-state index in [9.17, 15) is 0 Å². The van der Waals surface area contributed by atoms with Crippen molar-refractivity contribution in [2.75, 3.05) is 31.1 Å². The molecule has 0 N–H and O–H groups in total. The molecule has 0 aliphatic carbocycles. The minimum Gasteiger partial charge on any atom is -0.350 e. The van der Waals surface area contributed by atoms with Crippen LogP contribution in [0.25, 0.3) is 0 Å². The van der Waals surface area contributed by atoms with Crippen LogP contribution in [0.3, 0.4) is 0 Å². The zero-order valence-electron chi connectivity index (χ0n) is 8.09. The van der Waals surface area contributed by atoms with Crippen molar-refractivity contribution < 1.29 is 0 Å². The van der Waals surface area contributed by atoms with E-state index in [1.165, 1.54) is 44.0 Å². The largest absolute Gasteiger partial charge is 0.350 e. The summed E-state index contributed by atoms with van der Waals surface area (Å²) in [5, 5.41) is 6.24. The number of rotatable bonds is 1. The Morgan fingerprint density at radius 1 is 1.21 bits per heavy atom. The Bertz CT molecular complexity index is 292. The molecule has 0 radical (unpaired) electrons. The van der Waals surface area contributed by atoms with Crippen molar-refractivity contribution in [2.45, 2.75) is 18.9 Å². The Kier molecular flexibility index (Phi) is 2.14. The van der Waals surface area contributed by atoms with Gasteiger partial charge in [0, 0.05) is 32.2 Å². The second kappa shape index (κ2) is 3.47. The van der Waals surface area contributed by atoms with Crippen LogP contribution in [-0.2, 0) is 0 Å². The van der Waals surface area contributed by atoms with Crippen LogP contribution in [0.4, 0.5) is 5.82 Å². The van der Waals surface area contributed by atoms with Crippen LogP contribution in [0.2, 0.25) is 0 Å². The Hall–Kier alpha value is -0.680. The zero-order chi connectivity index (χ0) is 9.38. The molecule has 14 heavy (non-hydrogen) atoms. The zero-order valence-corrected chi connectivity index (χ0v) is 8.91. The van der Waals surface area contributed by atoms with Crippen LogP contribution in [0.15, 0.2) is 5.38 Å². The molecule has 76 valence electrons. The van der Waals surface area contributed by atoms with Gasteiger partial charge in [0.1, 0.15) is 0 Å². The lowest BCUT2D eigenvalue weighted by Gasteiger charge is -2.31. The van der Waals surface area contributed by atoms with Gasteiger partial charge in [-0.1, -0.05) is 4.49 Å². The summed E-state index contributed by atoms with van der Waals surface area (Å²) in [7, 11) is 0. The topological polar surface area (TPSA) is 32.3 Å². The molecular weight excluding hydrogens is 196 g/mol. The van der Waals surface area contributed by atoms with Gasteiger partial charge in [-0.15, -0.1) is 5.10 Å². The lowest BCUT2D eigenvalue weighted by atomic mass is 10.1. The molecule has 4 nitrogen and oxygen atoms in total. The van der Waals surface area contributed by atoms with Crippen molar-refractivity contribution in [1.82, 2.24) is 14.5 Å². The standard InChI is InChI=1S/C9H14N4S/c1-3-12-4-2-8(1)13(6-5-12)9-7-14-11-10-9/h7-8H,1-6H2. The predicted octanol–water partition coefficient (Wildman–Crippen LogP) is 0.823. The first kappa shape index (κ1) is 8.61. The Balaban J connectivity index is 1.85. The summed E-state index contributed by atoms with van der Waals surface area (Å²) < 4.78 is 3.95. The van der Waals surface area contributed by atoms with Gasteiger partial charge in [0.2, 0.25) is 0 Å². The fourth-order valence-corrected chi connectivity index (χ4v) is 2.93. The molecule has 1 aromatic rings. The summed E-state index contributed by atoms with van der Waals surface area (Å²) in [6.45, 7) is 4.83. The molecule has 0 saturated carbocycles. The van der Waals surface area contributed by atoms with Crippen LogP contribution in [-0.4, -0.2) is 46.7 Å². The third-order valence-electron chi connectivity index (χ3n) is 3.30. The molecule has 5 heteroatoms. The molecule has 0 atom stereocenters. The molecule has 0 spiro atoms. The summed E-state index contributed by atoms with van der Waals surface area (Å²) in [5.41, 5.74) is 0. The number of hydrogen-bond donors (Lipinski definition) is 0. The second-order valence-corrected chi connectivity index (χ2v) is 4.64. The fourth-order valence-electron chi connectivity index (χ4n) is 2.47. The molecule has 4 heterocycles. The van der Waals surface area contributed by atoms with Crippen molar-refractivity contribution in [2.24, 2.45) is 0 Å². The smallest absolute Gasteiger partial charge is 0.164 e. The molecule has 4 rings (SSSR count). The Labute approximate surface area is 87.7 Å². The van der Waals surface area contributed by atoms with Crippen molar-refractivity contribution >= 4 is 17.4 Å². The van der Waals surface area contributed by atoms with Crippen LogP contribution >= 0.6 is 11.5 Å². The minimum atomic E-state index is 0.706. The van der Waals surface area contributed by atoms with Crippen LogP contribution in [0.1, 0.15) is 12.8 Å². The van der Waals surface area contributed by atoms with Crippen LogP contribution in [0.5, 0.6) is 0 Å². The van der Waals surface area contributed by atoms with Gasteiger partial charge in [-0.25, -0.2) is 0 Å². The first-order valence-corrected chi connectivity index (χ1v) is 6.03. The molecule has 1 aromatic heterocycles. The SMILES string of the molecule is c1snnc1N1CCN2CCC1CC2. The van der Waals surface area contributed by atoms with Gasteiger partial charge in [0.25, 0.3) is 0 Å². The van der Waals surface area contributed by atoms with Gasteiger partial charge in [-0.05, 0) is 24.4 Å². The van der Waals surface area contributed by atoms with E-state index >= 15 is 0 Å². The first-order valence-electron chi connectivity index (χ1n) is 5.19. The number of anilines is 1. The van der Waals surface area contributed by atoms with Gasteiger partial charge in [0.15, 0.2) is 5.82 Å². The first-order chi connectivity index (χ1) is 6.93. The van der Waals surface area contributed by atoms with E-state index in [1.54, 1.807) is 0 Å². The lowest BCUT2D eigenvalue weighted by molar-refractivity contribution is 0.250. The Morgan fingerprint density at radius 3 is 2.79 bits per heavy atom. The van der Waals surface area contributed by atoms with E-state index in [0.29, 0.717) is 6.04 Å². The highest BCUT2D eigenvalue weighted by atomic mass is 32.1. The summed E-state index contributed by atoms with van der Waals surface area (Å²) in [4.78, 5) is 4.99. The van der Waals surface area contributed by atoms with Gasteiger partial charge < -0.3 is 9.80 Å². The number of hydrogen-bond acceptors (Lipinski definition) is 5. The lowest BCUT2D eigenvalue weighted by Crippen LogP contribution is -2.38. The molecule has 3 fully saturated rings. The Morgan fingerprint density at radius 2 is 2.07 bits per heavy atom. The fraction of sp³-hybridized carbons (Fsp3) is 0.778. The van der Waals surface area contributed by atoms with Gasteiger partial charge in [-0.3, -0.25) is 0 Å². The van der Waals surface area contributed by atoms with E-state index in [4.69, 9.17) is 0 Å². The van der Waals surface area contributed by atoms with Crippen molar-refractivity contribution in [1.29, 1.82) is 0 Å². The highest BCUT2D eigenvalue weighted by molar-refractivity contribution is 7.03. The monoisotopic (exact) mass is 210 g/mol. The second-order valence-electron chi connectivity index (χ2n) is 4.03. The van der Waals surface area contributed by atoms with E-state index in [0.717, 1.165) is 12.4 Å². The molecule has 3 saturated heterocycles. The van der Waals surface area contributed by atoms with E-state index < -0.39 is 0 Å². The van der Waals surface area contributed by atoms with Gasteiger partial charge in [-0.2, -0.15) is 0 Å². The normalized spacial score (nSPS) is 31.9. The summed E-state index contributed by atoms with van der Waals surface area (Å²) in [6.07, 6.45) is 2.58. The average Bonchev–Trinajstić information content (AvgIpc) is 2.60. The maximum Gasteiger partial charge on any atom is 0.164 e. The summed E-state index contributed by atoms with van der Waals surface area (Å²) >= 11 is 1.45. The minimum absolute atomic E-state index is 0.706. The molecule has 3 aliphatic heterocycles. The van der Waals surface area contributed by atoms with Crippen molar-refractivity contribution in [3.63, 3.8) is 0 Å². The van der Waals surface area contributed by atoms with Crippen molar-refractivity contribution in [3.8, 4) is 0 Å². The number of nitrogens with zero attached hydrogens (tertiary/aromatic N) is 4. The van der Waals surface area contributed by atoms with E-state index in [1.807, 2.05) is 0 Å². The predicted molar refractivity (Wildman–Crippen MR) is 56.7 cm³/mol. The van der Waals surface area contributed by atoms with E-state index in [-0.39, 0.29) is 0 Å². The number of fused-ring (bicyclic) bond motifs is 4.